The van der Waals surface area contributed by atoms with E-state index in [1.165, 1.54) is 0 Å². The summed E-state index contributed by atoms with van der Waals surface area (Å²) in [6, 6.07) is 0. The Bertz CT molecular complexity index is 507. The van der Waals surface area contributed by atoms with Crippen LogP contribution >= 0.6 is 11.6 Å². The highest BCUT2D eigenvalue weighted by molar-refractivity contribution is 6.44. The van der Waals surface area contributed by atoms with E-state index < -0.39 is 12.1 Å². The number of aliphatic hydroxyl groups is 1. The van der Waals surface area contributed by atoms with Gasteiger partial charge in [-0.25, -0.2) is 0 Å². The summed E-state index contributed by atoms with van der Waals surface area (Å²) in [6.45, 7) is 5.65. The molecule has 6 heteroatoms. The van der Waals surface area contributed by atoms with Gasteiger partial charge < -0.3 is 5.11 Å². The SMILES string of the molecule is CN=C(/C=C/C(C)C)CC(=N)N1C(=O)C(Cl)=C(C)C1O. The normalized spacial score (nSPS) is 20.8. The molecular weight excluding hydrogens is 278 g/mol. The molecule has 1 amide bonds. The molecule has 1 rings (SSSR count). The van der Waals surface area contributed by atoms with Crippen LogP contribution in [-0.4, -0.2) is 40.7 Å². The minimum absolute atomic E-state index is 0.0186. The Morgan fingerprint density at radius 1 is 1.60 bits per heavy atom. The molecule has 0 fully saturated rings. The maximum absolute atomic E-state index is 11.9. The average Bonchev–Trinajstić information content (AvgIpc) is 2.58. The first-order chi connectivity index (χ1) is 9.29. The van der Waals surface area contributed by atoms with Crippen LogP contribution in [0.15, 0.2) is 27.7 Å². The summed E-state index contributed by atoms with van der Waals surface area (Å²) in [5.41, 5.74) is 1.04. The lowest BCUT2D eigenvalue weighted by Gasteiger charge is -2.22. The summed E-state index contributed by atoms with van der Waals surface area (Å²) in [5.74, 6) is -0.185. The quantitative estimate of drug-likeness (QED) is 0.617. The summed E-state index contributed by atoms with van der Waals surface area (Å²) >= 11 is 5.81. The van der Waals surface area contributed by atoms with Crippen molar-refractivity contribution in [3.8, 4) is 0 Å². The fourth-order valence-electron chi connectivity index (χ4n) is 1.74. The van der Waals surface area contributed by atoms with E-state index in [4.69, 9.17) is 17.0 Å². The maximum Gasteiger partial charge on any atom is 0.273 e. The van der Waals surface area contributed by atoms with E-state index in [0.717, 1.165) is 4.90 Å². The highest BCUT2D eigenvalue weighted by atomic mass is 35.5. The first-order valence-electron chi connectivity index (χ1n) is 6.38. The van der Waals surface area contributed by atoms with Crippen molar-refractivity contribution in [2.24, 2.45) is 10.9 Å². The zero-order chi connectivity index (χ0) is 15.4. The molecule has 0 aromatic heterocycles. The van der Waals surface area contributed by atoms with Crippen molar-refractivity contribution >= 4 is 29.1 Å². The van der Waals surface area contributed by atoms with Gasteiger partial charge in [-0.1, -0.05) is 31.5 Å². The van der Waals surface area contributed by atoms with Crippen LogP contribution in [-0.2, 0) is 4.79 Å². The van der Waals surface area contributed by atoms with Gasteiger partial charge in [0, 0.05) is 24.8 Å². The summed E-state index contributed by atoms with van der Waals surface area (Å²) in [4.78, 5) is 17.0. The second kappa shape index (κ2) is 6.81. The van der Waals surface area contributed by atoms with E-state index in [-0.39, 0.29) is 17.3 Å². The molecule has 1 aliphatic rings. The number of amides is 1. The average molecular weight is 298 g/mol. The lowest BCUT2D eigenvalue weighted by molar-refractivity contribution is -0.125. The molecule has 0 aliphatic carbocycles. The van der Waals surface area contributed by atoms with Gasteiger partial charge in [-0.05, 0) is 18.9 Å². The molecule has 0 aromatic rings. The molecule has 0 spiro atoms. The fraction of sp³-hybridized carbons (Fsp3) is 0.500. The topological polar surface area (TPSA) is 76.8 Å². The minimum Gasteiger partial charge on any atom is -0.369 e. The van der Waals surface area contributed by atoms with Gasteiger partial charge in [0.05, 0.1) is 0 Å². The molecule has 20 heavy (non-hydrogen) atoms. The van der Waals surface area contributed by atoms with Crippen molar-refractivity contribution < 1.29 is 9.90 Å². The molecule has 1 aliphatic heterocycles. The Morgan fingerprint density at radius 2 is 2.20 bits per heavy atom. The number of allylic oxidation sites excluding steroid dienone is 2. The number of rotatable bonds is 4. The van der Waals surface area contributed by atoms with Gasteiger partial charge in [0.2, 0.25) is 0 Å². The largest absolute Gasteiger partial charge is 0.369 e. The fourth-order valence-corrected chi connectivity index (χ4v) is 1.92. The number of nitrogens with zero attached hydrogens (tertiary/aromatic N) is 2. The minimum atomic E-state index is -1.16. The molecule has 0 saturated heterocycles. The highest BCUT2D eigenvalue weighted by Gasteiger charge is 2.37. The van der Waals surface area contributed by atoms with E-state index in [0.29, 0.717) is 17.2 Å². The van der Waals surface area contributed by atoms with E-state index in [9.17, 15) is 9.90 Å². The molecule has 0 radical (unpaired) electrons. The lowest BCUT2D eigenvalue weighted by Crippen LogP contribution is -2.40. The zero-order valence-corrected chi connectivity index (χ0v) is 12.9. The van der Waals surface area contributed by atoms with Gasteiger partial charge in [-0.15, -0.1) is 0 Å². The first kappa shape index (κ1) is 16.6. The molecule has 0 aromatic carbocycles. The third-order valence-corrected chi connectivity index (χ3v) is 3.44. The summed E-state index contributed by atoms with van der Waals surface area (Å²) in [5, 5.41) is 17.9. The maximum atomic E-state index is 11.9. The molecule has 0 bridgehead atoms. The Kier molecular flexibility index (Phi) is 5.65. The molecule has 5 nitrogen and oxygen atoms in total. The number of carbonyl (C=O) groups excluding carboxylic acids is 1. The number of amidine groups is 1. The predicted octanol–water partition coefficient (Wildman–Crippen LogP) is 2.31. The molecule has 2 N–H and O–H groups in total. The standard InChI is InChI=1S/C14H20ClN3O2/c1-8(2)5-6-10(17-4)7-11(16)18-13(19)9(3)12(15)14(18)20/h5-6,8,13,16,19H,7H2,1-4H3/b6-5+,16-11?,17-10?. The highest BCUT2D eigenvalue weighted by Crippen LogP contribution is 2.27. The first-order valence-corrected chi connectivity index (χ1v) is 6.76. The van der Waals surface area contributed by atoms with Gasteiger partial charge in [0.1, 0.15) is 10.9 Å². The molecule has 1 atom stereocenters. The number of hydrogen-bond donors (Lipinski definition) is 2. The Balaban J connectivity index is 2.80. The summed E-state index contributed by atoms with van der Waals surface area (Å²) in [7, 11) is 1.63. The molecule has 1 unspecified atom stereocenters. The molecule has 1 heterocycles. The van der Waals surface area contributed by atoms with E-state index in [1.54, 1.807) is 14.0 Å². The second-order valence-corrected chi connectivity index (χ2v) is 5.37. The van der Waals surface area contributed by atoms with E-state index in [1.807, 2.05) is 26.0 Å². The van der Waals surface area contributed by atoms with Crippen molar-refractivity contribution in [2.75, 3.05) is 7.05 Å². The lowest BCUT2D eigenvalue weighted by atomic mass is 10.1. The van der Waals surface area contributed by atoms with Crippen LogP contribution in [0.25, 0.3) is 0 Å². The van der Waals surface area contributed by atoms with Gasteiger partial charge >= 0.3 is 0 Å². The monoisotopic (exact) mass is 297 g/mol. The Morgan fingerprint density at radius 3 is 2.60 bits per heavy atom. The van der Waals surface area contributed by atoms with Crippen molar-refractivity contribution in [3.63, 3.8) is 0 Å². The summed E-state index contributed by atoms with van der Waals surface area (Å²) in [6.07, 6.45) is 2.80. The van der Waals surface area contributed by atoms with Crippen LogP contribution in [0, 0.1) is 11.3 Å². The molecular formula is C14H20ClN3O2. The number of nitrogens with one attached hydrogen (secondary N) is 1. The third-order valence-electron chi connectivity index (χ3n) is 2.98. The second-order valence-electron chi connectivity index (χ2n) is 4.99. The van der Waals surface area contributed by atoms with Crippen molar-refractivity contribution in [3.05, 3.63) is 22.8 Å². The predicted molar refractivity (Wildman–Crippen MR) is 81.1 cm³/mol. The number of hydrogen-bond acceptors (Lipinski definition) is 4. The zero-order valence-electron chi connectivity index (χ0n) is 12.1. The van der Waals surface area contributed by atoms with Gasteiger partial charge in [0.25, 0.3) is 5.91 Å². The van der Waals surface area contributed by atoms with Crippen molar-refractivity contribution in [1.29, 1.82) is 5.41 Å². The number of carbonyl (C=O) groups is 1. The number of aliphatic imine (C=N–C) groups is 1. The van der Waals surface area contributed by atoms with Gasteiger partial charge in [0.15, 0.2) is 6.23 Å². The van der Waals surface area contributed by atoms with Crippen LogP contribution in [0.1, 0.15) is 27.2 Å². The van der Waals surface area contributed by atoms with Gasteiger partial charge in [-0.2, -0.15) is 0 Å². The van der Waals surface area contributed by atoms with Crippen LogP contribution in [0.2, 0.25) is 0 Å². The third kappa shape index (κ3) is 3.55. The summed E-state index contributed by atoms with van der Waals surface area (Å²) < 4.78 is 0. The van der Waals surface area contributed by atoms with Gasteiger partial charge in [-0.3, -0.25) is 20.1 Å². The molecule has 0 saturated carbocycles. The smallest absolute Gasteiger partial charge is 0.273 e. The van der Waals surface area contributed by atoms with Crippen LogP contribution in [0.4, 0.5) is 0 Å². The van der Waals surface area contributed by atoms with Crippen LogP contribution < -0.4 is 0 Å². The van der Waals surface area contributed by atoms with E-state index in [2.05, 4.69) is 4.99 Å². The van der Waals surface area contributed by atoms with Crippen molar-refractivity contribution in [1.82, 2.24) is 4.90 Å². The molecule has 110 valence electrons. The van der Waals surface area contributed by atoms with Crippen LogP contribution in [0.5, 0.6) is 0 Å². The van der Waals surface area contributed by atoms with E-state index >= 15 is 0 Å². The van der Waals surface area contributed by atoms with Crippen LogP contribution in [0.3, 0.4) is 0 Å². The number of halogens is 1. The Hall–Kier alpha value is -1.46. The Labute approximate surface area is 124 Å². The number of aliphatic hydroxyl groups excluding tert-OH is 1. The van der Waals surface area contributed by atoms with Crippen molar-refractivity contribution in [2.45, 2.75) is 33.4 Å².